The third kappa shape index (κ3) is 4.96. The van der Waals surface area contributed by atoms with E-state index in [1.807, 2.05) is 0 Å². The van der Waals surface area contributed by atoms with Crippen molar-refractivity contribution in [2.75, 3.05) is 19.6 Å². The lowest BCUT2D eigenvalue weighted by Gasteiger charge is -2.51. The van der Waals surface area contributed by atoms with Crippen LogP contribution in [0.5, 0.6) is 0 Å². The molecular formula is C19H38N2. The van der Waals surface area contributed by atoms with Gasteiger partial charge in [0.25, 0.3) is 0 Å². The predicted molar refractivity (Wildman–Crippen MR) is 92.8 cm³/mol. The van der Waals surface area contributed by atoms with Crippen LogP contribution in [0.15, 0.2) is 0 Å². The summed E-state index contributed by atoms with van der Waals surface area (Å²) in [6.07, 6.45) is 12.8. The minimum atomic E-state index is 0.330. The molecule has 0 amide bonds. The van der Waals surface area contributed by atoms with Gasteiger partial charge in [0.15, 0.2) is 0 Å². The Morgan fingerprint density at radius 1 is 0.952 bits per heavy atom. The van der Waals surface area contributed by atoms with E-state index in [9.17, 15) is 0 Å². The summed E-state index contributed by atoms with van der Waals surface area (Å²) in [6, 6.07) is 0. The third-order valence-corrected chi connectivity index (χ3v) is 5.81. The van der Waals surface area contributed by atoms with Gasteiger partial charge in [-0.05, 0) is 52.5 Å². The Kier molecular flexibility index (Phi) is 6.14. The van der Waals surface area contributed by atoms with Crippen LogP contribution in [-0.4, -0.2) is 35.6 Å². The number of piperazine rings is 1. The van der Waals surface area contributed by atoms with E-state index < -0.39 is 0 Å². The topological polar surface area (TPSA) is 15.3 Å². The van der Waals surface area contributed by atoms with Crippen LogP contribution in [0.1, 0.15) is 85.5 Å². The molecule has 0 spiro atoms. The van der Waals surface area contributed by atoms with Crippen molar-refractivity contribution in [3.05, 3.63) is 0 Å². The molecule has 2 nitrogen and oxygen atoms in total. The summed E-state index contributed by atoms with van der Waals surface area (Å²) in [5.74, 6) is 0.935. The van der Waals surface area contributed by atoms with Gasteiger partial charge in [-0.2, -0.15) is 0 Å². The fourth-order valence-electron chi connectivity index (χ4n) is 3.83. The summed E-state index contributed by atoms with van der Waals surface area (Å²) >= 11 is 0. The fourth-order valence-corrected chi connectivity index (χ4v) is 3.83. The first kappa shape index (κ1) is 17.3. The Morgan fingerprint density at radius 3 is 2.19 bits per heavy atom. The molecule has 1 saturated carbocycles. The quantitative estimate of drug-likeness (QED) is 0.626. The molecule has 1 atom stereocenters. The van der Waals surface area contributed by atoms with Gasteiger partial charge in [0.1, 0.15) is 0 Å². The Bertz CT molecular complexity index is 309. The molecule has 21 heavy (non-hydrogen) atoms. The first-order valence-corrected chi connectivity index (χ1v) is 9.48. The summed E-state index contributed by atoms with van der Waals surface area (Å²) in [4.78, 5) is 2.77. The zero-order valence-corrected chi connectivity index (χ0v) is 15.0. The average Bonchev–Trinajstić information content (AvgIpc) is 3.27. The highest BCUT2D eigenvalue weighted by Crippen LogP contribution is 2.42. The van der Waals surface area contributed by atoms with Crippen LogP contribution in [0, 0.1) is 5.92 Å². The van der Waals surface area contributed by atoms with Gasteiger partial charge in [-0.1, -0.05) is 45.4 Å². The zero-order chi connectivity index (χ0) is 15.3. The van der Waals surface area contributed by atoms with Crippen molar-refractivity contribution in [1.82, 2.24) is 10.2 Å². The highest BCUT2D eigenvalue weighted by molar-refractivity contribution is 5.06. The van der Waals surface area contributed by atoms with Crippen molar-refractivity contribution in [2.24, 2.45) is 5.92 Å². The van der Waals surface area contributed by atoms with E-state index in [2.05, 4.69) is 37.9 Å². The summed E-state index contributed by atoms with van der Waals surface area (Å²) in [5.41, 5.74) is 0.716. The highest BCUT2D eigenvalue weighted by Gasteiger charge is 2.47. The van der Waals surface area contributed by atoms with E-state index in [0.29, 0.717) is 11.1 Å². The first-order chi connectivity index (χ1) is 9.98. The predicted octanol–water partition coefficient (Wildman–Crippen LogP) is 4.59. The lowest BCUT2D eigenvalue weighted by atomic mass is 9.86. The Labute approximate surface area is 133 Å². The Balaban J connectivity index is 1.69. The molecule has 1 saturated heterocycles. The maximum atomic E-state index is 3.86. The van der Waals surface area contributed by atoms with E-state index in [4.69, 9.17) is 0 Å². The monoisotopic (exact) mass is 294 g/mol. The van der Waals surface area contributed by atoms with Crippen molar-refractivity contribution < 1.29 is 0 Å². The molecule has 1 heterocycles. The highest BCUT2D eigenvalue weighted by atomic mass is 15.3. The molecule has 2 fully saturated rings. The maximum absolute atomic E-state index is 3.86. The SMILES string of the molecule is CCCCCCCCCN1CC(C)(C2CC2)NCC1(C)C. The Morgan fingerprint density at radius 2 is 1.57 bits per heavy atom. The molecule has 0 radical (unpaired) electrons. The molecule has 1 unspecified atom stereocenters. The fraction of sp³-hybridized carbons (Fsp3) is 1.00. The van der Waals surface area contributed by atoms with Crippen molar-refractivity contribution >= 4 is 0 Å². The van der Waals surface area contributed by atoms with E-state index in [0.717, 1.165) is 12.5 Å². The number of rotatable bonds is 9. The lowest BCUT2D eigenvalue weighted by Crippen LogP contribution is -2.68. The van der Waals surface area contributed by atoms with Crippen LogP contribution in [-0.2, 0) is 0 Å². The van der Waals surface area contributed by atoms with Crippen LogP contribution < -0.4 is 5.32 Å². The summed E-state index contributed by atoms with van der Waals surface area (Å²) in [5, 5.41) is 3.86. The van der Waals surface area contributed by atoms with Gasteiger partial charge in [-0.25, -0.2) is 0 Å². The summed E-state index contributed by atoms with van der Waals surface area (Å²) in [7, 11) is 0. The molecule has 2 rings (SSSR count). The molecule has 1 aliphatic carbocycles. The van der Waals surface area contributed by atoms with E-state index >= 15 is 0 Å². The van der Waals surface area contributed by atoms with Crippen molar-refractivity contribution in [3.8, 4) is 0 Å². The molecule has 0 bridgehead atoms. The van der Waals surface area contributed by atoms with Crippen LogP contribution in [0.4, 0.5) is 0 Å². The minimum Gasteiger partial charge on any atom is -0.308 e. The van der Waals surface area contributed by atoms with Crippen LogP contribution in [0.25, 0.3) is 0 Å². The second kappa shape index (κ2) is 7.46. The van der Waals surface area contributed by atoms with Crippen molar-refractivity contribution in [2.45, 2.75) is 96.6 Å². The van der Waals surface area contributed by atoms with Gasteiger partial charge >= 0.3 is 0 Å². The summed E-state index contributed by atoms with van der Waals surface area (Å²) < 4.78 is 0. The van der Waals surface area contributed by atoms with Gasteiger partial charge in [0, 0.05) is 24.2 Å². The van der Waals surface area contributed by atoms with Crippen LogP contribution in [0.2, 0.25) is 0 Å². The molecule has 0 aromatic carbocycles. The van der Waals surface area contributed by atoms with E-state index in [-0.39, 0.29) is 0 Å². The molecule has 0 aromatic heterocycles. The maximum Gasteiger partial charge on any atom is 0.0309 e. The van der Waals surface area contributed by atoms with Gasteiger partial charge < -0.3 is 5.32 Å². The van der Waals surface area contributed by atoms with E-state index in [1.54, 1.807) is 0 Å². The third-order valence-electron chi connectivity index (χ3n) is 5.81. The molecule has 124 valence electrons. The standard InChI is InChI=1S/C19H38N2/c1-5-6-7-8-9-10-11-14-21-16-19(4,17-12-13-17)20-15-18(21,2)3/h17,20H,5-16H2,1-4H3. The van der Waals surface area contributed by atoms with Gasteiger partial charge in [0.2, 0.25) is 0 Å². The number of nitrogens with zero attached hydrogens (tertiary/aromatic N) is 1. The van der Waals surface area contributed by atoms with Gasteiger partial charge in [-0.15, -0.1) is 0 Å². The van der Waals surface area contributed by atoms with Gasteiger partial charge in [0.05, 0.1) is 0 Å². The lowest BCUT2D eigenvalue weighted by molar-refractivity contribution is 0.0231. The molecule has 2 aliphatic rings. The number of nitrogens with one attached hydrogen (secondary N) is 1. The van der Waals surface area contributed by atoms with Gasteiger partial charge in [-0.3, -0.25) is 4.90 Å². The van der Waals surface area contributed by atoms with Crippen LogP contribution >= 0.6 is 0 Å². The summed E-state index contributed by atoms with van der Waals surface area (Å²) in [6.45, 7) is 13.3. The average molecular weight is 295 g/mol. The Hall–Kier alpha value is -0.0800. The van der Waals surface area contributed by atoms with Crippen LogP contribution in [0.3, 0.4) is 0 Å². The largest absolute Gasteiger partial charge is 0.308 e. The number of hydrogen-bond acceptors (Lipinski definition) is 2. The molecule has 0 aromatic rings. The smallest absolute Gasteiger partial charge is 0.0309 e. The number of unbranched alkanes of at least 4 members (excludes halogenated alkanes) is 6. The minimum absolute atomic E-state index is 0.330. The first-order valence-electron chi connectivity index (χ1n) is 9.48. The molecule has 1 aliphatic heterocycles. The number of hydrogen-bond donors (Lipinski definition) is 1. The zero-order valence-electron chi connectivity index (χ0n) is 15.0. The van der Waals surface area contributed by atoms with E-state index in [1.165, 1.54) is 70.9 Å². The molecule has 2 heteroatoms. The second-order valence-corrected chi connectivity index (χ2v) is 8.40. The van der Waals surface area contributed by atoms with Crippen molar-refractivity contribution in [1.29, 1.82) is 0 Å². The second-order valence-electron chi connectivity index (χ2n) is 8.40. The molecule has 1 N–H and O–H groups in total. The molecular weight excluding hydrogens is 256 g/mol. The normalized spacial score (nSPS) is 29.7. The van der Waals surface area contributed by atoms with Crippen molar-refractivity contribution in [3.63, 3.8) is 0 Å².